The lowest BCUT2D eigenvalue weighted by atomic mass is 10.0. The first-order valence-corrected chi connectivity index (χ1v) is 9.47. The Morgan fingerprint density at radius 1 is 1.29 bits per heavy atom. The molecule has 1 aromatic carbocycles. The number of halogens is 4. The summed E-state index contributed by atoms with van der Waals surface area (Å²) in [5.74, 6) is -0.831. The Morgan fingerprint density at radius 2 is 1.94 bits per heavy atom. The van der Waals surface area contributed by atoms with Crippen molar-refractivity contribution in [3.63, 3.8) is 0 Å². The minimum Gasteiger partial charge on any atom is -0.412 e. The fourth-order valence-electron chi connectivity index (χ4n) is 3.98. The van der Waals surface area contributed by atoms with E-state index in [1.165, 1.54) is 20.3 Å². The molecule has 1 aliphatic heterocycles. The summed E-state index contributed by atoms with van der Waals surface area (Å²) in [5.41, 5.74) is -1.47. The Bertz CT molecular complexity index is 1250. The van der Waals surface area contributed by atoms with Gasteiger partial charge in [-0.15, -0.1) is 12.4 Å². The summed E-state index contributed by atoms with van der Waals surface area (Å²) in [4.78, 5) is 18.7. The van der Waals surface area contributed by atoms with Gasteiger partial charge in [-0.1, -0.05) is 0 Å². The van der Waals surface area contributed by atoms with Crippen LogP contribution in [-0.2, 0) is 19.2 Å². The Labute approximate surface area is 198 Å². The Balaban J connectivity index is 0.00000193. The summed E-state index contributed by atoms with van der Waals surface area (Å²) in [6, 6.07) is 6.33. The molecular formula is C20H24ClF3N6O4. The van der Waals surface area contributed by atoms with E-state index in [0.29, 0.717) is 34.8 Å². The van der Waals surface area contributed by atoms with Crippen molar-refractivity contribution in [3.8, 4) is 6.07 Å². The molecule has 0 bridgehead atoms. The van der Waals surface area contributed by atoms with Crippen molar-refractivity contribution >= 4 is 29.2 Å². The van der Waals surface area contributed by atoms with Crippen LogP contribution >= 0.6 is 12.4 Å². The number of alkyl halides is 3. The number of carbonyl (C=O) groups excluding carboxylic acids is 1. The molecule has 0 aliphatic carbocycles. The number of aromatic nitrogens is 4. The van der Waals surface area contributed by atoms with Gasteiger partial charge >= 0.3 is 6.18 Å². The molecule has 1 aliphatic rings. The average Bonchev–Trinajstić information content (AvgIpc) is 3.26. The molecule has 3 heterocycles. The third-order valence-corrected chi connectivity index (χ3v) is 5.59. The molecule has 14 heteroatoms. The van der Waals surface area contributed by atoms with Crippen LogP contribution in [0, 0.1) is 11.3 Å². The highest BCUT2D eigenvalue weighted by Gasteiger charge is 2.55. The summed E-state index contributed by atoms with van der Waals surface area (Å²) in [6.45, 7) is 2.50. The van der Waals surface area contributed by atoms with Crippen molar-refractivity contribution in [1.29, 1.82) is 5.26 Å². The van der Waals surface area contributed by atoms with Crippen LogP contribution in [0.4, 0.5) is 13.2 Å². The molecule has 0 saturated heterocycles. The van der Waals surface area contributed by atoms with Gasteiger partial charge in [-0.2, -0.15) is 23.5 Å². The summed E-state index contributed by atoms with van der Waals surface area (Å²) < 4.78 is 42.8. The van der Waals surface area contributed by atoms with Crippen molar-refractivity contribution in [2.24, 2.45) is 7.05 Å². The number of hydrogen-bond donors (Lipinski definition) is 1. The SMILES string of the molecule is C[C@H]1CN(C(=O)c2c3ccc(C#N)cc3nn2C)Cc2cnc([C@@](C)(O)C(F)(F)F)n21.Cl.O.O. The normalized spacial score (nSPS) is 16.9. The summed E-state index contributed by atoms with van der Waals surface area (Å²) >= 11 is 0. The molecular weight excluding hydrogens is 481 g/mol. The number of carbonyl (C=O) groups is 1. The number of aliphatic hydroxyl groups is 1. The second-order valence-corrected chi connectivity index (χ2v) is 7.86. The van der Waals surface area contributed by atoms with E-state index in [0.717, 1.165) is 0 Å². The maximum Gasteiger partial charge on any atom is 0.424 e. The van der Waals surface area contributed by atoms with Crippen molar-refractivity contribution in [1.82, 2.24) is 24.2 Å². The van der Waals surface area contributed by atoms with Crippen LogP contribution in [0.15, 0.2) is 24.4 Å². The van der Waals surface area contributed by atoms with Crippen LogP contribution in [-0.4, -0.2) is 58.9 Å². The number of hydrogen-bond acceptors (Lipinski definition) is 5. The molecule has 0 radical (unpaired) electrons. The van der Waals surface area contributed by atoms with Crippen LogP contribution in [0.1, 0.15) is 47.5 Å². The fraction of sp³-hybridized carbons (Fsp3) is 0.400. The van der Waals surface area contributed by atoms with Gasteiger partial charge in [0.25, 0.3) is 5.91 Å². The van der Waals surface area contributed by atoms with Gasteiger partial charge in [0.15, 0.2) is 5.82 Å². The summed E-state index contributed by atoms with van der Waals surface area (Å²) in [7, 11) is 1.62. The van der Waals surface area contributed by atoms with Crippen molar-refractivity contribution in [2.75, 3.05) is 6.54 Å². The number of imidazole rings is 1. The van der Waals surface area contributed by atoms with Gasteiger partial charge in [-0.05, 0) is 32.0 Å². The molecule has 10 nitrogen and oxygen atoms in total. The number of aryl methyl sites for hydroxylation is 1. The standard InChI is InChI=1S/C20H19F3N6O2.ClH.2H2O/c1-11-9-28(10-13-8-25-18(29(11)13)19(2,31)20(21,22)23)17(30)16-14-5-4-12(7-24)6-15(14)26-27(16)3;;;/h4-6,8,11,31H,9-10H2,1-3H3;1H;2*1H2/t11-,19+;;;/m0.../s1. The minimum atomic E-state index is -4.89. The number of fused-ring (bicyclic) bond motifs is 2. The minimum absolute atomic E-state index is 0. The van der Waals surface area contributed by atoms with Crippen molar-refractivity contribution in [2.45, 2.75) is 38.2 Å². The van der Waals surface area contributed by atoms with Gasteiger partial charge in [0, 0.05) is 19.0 Å². The van der Waals surface area contributed by atoms with Crippen LogP contribution < -0.4 is 0 Å². The topological polar surface area (TPSA) is 163 Å². The lowest BCUT2D eigenvalue weighted by Crippen LogP contribution is -2.46. The largest absolute Gasteiger partial charge is 0.424 e. The van der Waals surface area contributed by atoms with E-state index in [9.17, 15) is 23.1 Å². The molecule has 3 aromatic rings. The zero-order valence-corrected chi connectivity index (χ0v) is 19.2. The number of nitriles is 1. The molecule has 0 spiro atoms. The average molecular weight is 505 g/mol. The maximum absolute atomic E-state index is 13.3. The zero-order valence-electron chi connectivity index (χ0n) is 18.4. The van der Waals surface area contributed by atoms with E-state index in [2.05, 4.69) is 10.1 Å². The Kier molecular flexibility index (Phi) is 8.14. The van der Waals surface area contributed by atoms with Gasteiger partial charge in [-0.3, -0.25) is 9.48 Å². The lowest BCUT2D eigenvalue weighted by molar-refractivity contribution is -0.263. The molecule has 5 N–H and O–H groups in total. The predicted octanol–water partition coefficient (Wildman–Crippen LogP) is 1.40. The fourth-order valence-corrected chi connectivity index (χ4v) is 3.98. The molecule has 0 unspecified atom stereocenters. The Hall–Kier alpha value is -3.18. The van der Waals surface area contributed by atoms with Crippen LogP contribution in [0.25, 0.3) is 10.9 Å². The predicted molar refractivity (Wildman–Crippen MR) is 117 cm³/mol. The highest BCUT2D eigenvalue weighted by molar-refractivity contribution is 6.05. The molecule has 2 aromatic heterocycles. The van der Waals surface area contributed by atoms with E-state index in [1.54, 1.807) is 32.2 Å². The lowest BCUT2D eigenvalue weighted by Gasteiger charge is -2.36. The smallest absolute Gasteiger partial charge is 0.412 e. The quantitative estimate of drug-likeness (QED) is 0.556. The zero-order chi connectivity index (χ0) is 22.7. The van der Waals surface area contributed by atoms with Gasteiger partial charge < -0.3 is 25.5 Å². The monoisotopic (exact) mass is 504 g/mol. The van der Waals surface area contributed by atoms with E-state index in [4.69, 9.17) is 5.26 Å². The third kappa shape index (κ3) is 4.32. The molecule has 0 saturated carbocycles. The van der Waals surface area contributed by atoms with Gasteiger partial charge in [0.1, 0.15) is 5.69 Å². The molecule has 34 heavy (non-hydrogen) atoms. The van der Waals surface area contributed by atoms with Gasteiger partial charge in [0.2, 0.25) is 5.60 Å². The van der Waals surface area contributed by atoms with E-state index < -0.39 is 23.6 Å². The summed E-state index contributed by atoms with van der Waals surface area (Å²) in [5, 5.41) is 24.0. The van der Waals surface area contributed by atoms with E-state index in [-0.39, 0.29) is 42.4 Å². The molecule has 4 rings (SSSR count). The first-order chi connectivity index (χ1) is 14.5. The molecule has 1 amide bonds. The van der Waals surface area contributed by atoms with E-state index >= 15 is 0 Å². The van der Waals surface area contributed by atoms with Crippen LogP contribution in [0.3, 0.4) is 0 Å². The number of benzene rings is 1. The molecule has 186 valence electrons. The van der Waals surface area contributed by atoms with Crippen molar-refractivity contribution < 1.29 is 34.0 Å². The second kappa shape index (κ2) is 9.59. The second-order valence-electron chi connectivity index (χ2n) is 7.86. The number of nitrogens with zero attached hydrogens (tertiary/aromatic N) is 6. The number of amides is 1. The highest BCUT2D eigenvalue weighted by atomic mass is 35.5. The van der Waals surface area contributed by atoms with E-state index in [1.807, 2.05) is 6.07 Å². The van der Waals surface area contributed by atoms with Crippen LogP contribution in [0.2, 0.25) is 0 Å². The van der Waals surface area contributed by atoms with Crippen LogP contribution in [0.5, 0.6) is 0 Å². The van der Waals surface area contributed by atoms with Gasteiger partial charge in [0.05, 0.1) is 41.6 Å². The highest BCUT2D eigenvalue weighted by Crippen LogP contribution is 2.40. The van der Waals surface area contributed by atoms with Crippen molar-refractivity contribution in [3.05, 3.63) is 47.2 Å². The first kappa shape index (κ1) is 28.9. The maximum atomic E-state index is 13.3. The molecule has 0 fully saturated rings. The number of rotatable bonds is 2. The summed E-state index contributed by atoms with van der Waals surface area (Å²) in [6.07, 6.45) is -3.64. The van der Waals surface area contributed by atoms with Gasteiger partial charge in [-0.25, -0.2) is 4.98 Å². The third-order valence-electron chi connectivity index (χ3n) is 5.59. The molecule has 2 atom stereocenters. The Morgan fingerprint density at radius 3 is 2.53 bits per heavy atom. The first-order valence-electron chi connectivity index (χ1n) is 9.47.